The van der Waals surface area contributed by atoms with Crippen LogP contribution in [0.5, 0.6) is 0 Å². The molecule has 3 rings (SSSR count). The Hall–Kier alpha value is -2.77. The molecule has 3 amide bonds. The van der Waals surface area contributed by atoms with E-state index in [9.17, 15) is 9.59 Å². The Labute approximate surface area is 166 Å². The van der Waals surface area contributed by atoms with E-state index >= 15 is 0 Å². The Balaban J connectivity index is 1.68. The summed E-state index contributed by atoms with van der Waals surface area (Å²) >= 11 is 0. The normalized spacial score (nSPS) is 13.8. The van der Waals surface area contributed by atoms with Crippen LogP contribution >= 0.6 is 0 Å². The summed E-state index contributed by atoms with van der Waals surface area (Å²) in [5.74, 6) is -0.0830. The minimum Gasteiger partial charge on any atom is -0.349 e. The van der Waals surface area contributed by atoms with Crippen LogP contribution in [-0.2, 0) is 26.2 Å². The standard InChI is InChI=1S/C20H30N6O2/c1-6-25-14(2)10-18(15(25)3)19(27)21-12-16-11-17-13-24(20(28)23(4)5)8-7-9-26(17)22-16/h10-11H,6-9,12-13H2,1-5H3,(H,21,27). The Morgan fingerprint density at radius 2 is 1.96 bits per heavy atom. The number of rotatable bonds is 4. The predicted molar refractivity (Wildman–Crippen MR) is 107 cm³/mol. The first-order chi connectivity index (χ1) is 13.3. The number of fused-ring (bicyclic) bond motifs is 1. The van der Waals surface area contributed by atoms with Crippen LogP contribution in [0.2, 0.25) is 0 Å². The molecule has 28 heavy (non-hydrogen) atoms. The van der Waals surface area contributed by atoms with Gasteiger partial charge < -0.3 is 19.7 Å². The van der Waals surface area contributed by atoms with Gasteiger partial charge in [0.2, 0.25) is 0 Å². The monoisotopic (exact) mass is 386 g/mol. The fourth-order valence-corrected chi connectivity index (χ4v) is 3.84. The first-order valence-electron chi connectivity index (χ1n) is 9.78. The molecule has 0 saturated heterocycles. The highest BCUT2D eigenvalue weighted by Gasteiger charge is 2.22. The van der Waals surface area contributed by atoms with E-state index in [1.54, 1.807) is 19.0 Å². The lowest BCUT2D eigenvalue weighted by molar-refractivity contribution is 0.0949. The van der Waals surface area contributed by atoms with Crippen molar-refractivity contribution in [1.29, 1.82) is 0 Å². The van der Waals surface area contributed by atoms with Gasteiger partial charge in [-0.25, -0.2) is 4.79 Å². The largest absolute Gasteiger partial charge is 0.349 e. The number of carbonyl (C=O) groups is 2. The number of aromatic nitrogens is 3. The second kappa shape index (κ2) is 8.08. The van der Waals surface area contributed by atoms with Crippen molar-refractivity contribution in [2.45, 2.75) is 53.4 Å². The van der Waals surface area contributed by atoms with Gasteiger partial charge in [0.1, 0.15) is 0 Å². The van der Waals surface area contributed by atoms with Gasteiger partial charge in [-0.05, 0) is 39.3 Å². The highest BCUT2D eigenvalue weighted by atomic mass is 16.2. The molecule has 8 nitrogen and oxygen atoms in total. The smallest absolute Gasteiger partial charge is 0.319 e. The molecule has 0 spiro atoms. The Morgan fingerprint density at radius 1 is 1.21 bits per heavy atom. The van der Waals surface area contributed by atoms with Gasteiger partial charge in [-0.15, -0.1) is 0 Å². The fourth-order valence-electron chi connectivity index (χ4n) is 3.84. The molecule has 0 aromatic carbocycles. The fraction of sp³-hybridized carbons (Fsp3) is 0.550. The van der Waals surface area contributed by atoms with Crippen LogP contribution < -0.4 is 5.32 Å². The van der Waals surface area contributed by atoms with Crippen molar-refractivity contribution >= 4 is 11.9 Å². The van der Waals surface area contributed by atoms with Crippen molar-refractivity contribution in [3.63, 3.8) is 0 Å². The number of hydrogen-bond donors (Lipinski definition) is 1. The maximum Gasteiger partial charge on any atom is 0.319 e. The molecule has 0 bridgehead atoms. The summed E-state index contributed by atoms with van der Waals surface area (Å²) in [7, 11) is 3.53. The number of hydrogen-bond acceptors (Lipinski definition) is 3. The van der Waals surface area contributed by atoms with Gasteiger partial charge in [-0.2, -0.15) is 5.10 Å². The van der Waals surface area contributed by atoms with Gasteiger partial charge in [0, 0.05) is 45.1 Å². The summed E-state index contributed by atoms with van der Waals surface area (Å²) in [6.45, 7) is 9.32. The highest BCUT2D eigenvalue weighted by molar-refractivity contribution is 5.95. The van der Waals surface area contributed by atoms with E-state index in [1.807, 2.05) is 35.6 Å². The van der Waals surface area contributed by atoms with E-state index in [4.69, 9.17) is 0 Å². The molecule has 0 atom stereocenters. The minimum absolute atomic E-state index is 0.00999. The number of urea groups is 1. The molecular formula is C20H30N6O2. The van der Waals surface area contributed by atoms with Crippen LogP contribution in [-0.4, -0.2) is 56.7 Å². The maximum atomic E-state index is 12.6. The third kappa shape index (κ3) is 3.90. The van der Waals surface area contributed by atoms with Crippen molar-refractivity contribution in [3.8, 4) is 0 Å². The summed E-state index contributed by atoms with van der Waals surface area (Å²) < 4.78 is 4.08. The first kappa shape index (κ1) is 20.0. The van der Waals surface area contributed by atoms with Crippen LogP contribution in [0, 0.1) is 13.8 Å². The van der Waals surface area contributed by atoms with E-state index in [2.05, 4.69) is 21.9 Å². The Kier molecular flexibility index (Phi) is 5.76. The van der Waals surface area contributed by atoms with E-state index < -0.39 is 0 Å². The lowest BCUT2D eigenvalue weighted by Gasteiger charge is -2.23. The third-order valence-corrected chi connectivity index (χ3v) is 5.28. The molecule has 2 aromatic heterocycles. The van der Waals surface area contributed by atoms with Crippen LogP contribution in [0.4, 0.5) is 4.79 Å². The molecule has 8 heteroatoms. The summed E-state index contributed by atoms with van der Waals surface area (Å²) in [5.41, 5.74) is 4.59. The van der Waals surface area contributed by atoms with Crippen LogP contribution in [0.3, 0.4) is 0 Å². The van der Waals surface area contributed by atoms with E-state index in [0.717, 1.165) is 48.8 Å². The predicted octanol–water partition coefficient (Wildman–Crippen LogP) is 2.14. The van der Waals surface area contributed by atoms with Crippen molar-refractivity contribution < 1.29 is 9.59 Å². The highest BCUT2D eigenvalue weighted by Crippen LogP contribution is 2.17. The molecule has 0 fully saturated rings. The molecule has 2 aromatic rings. The third-order valence-electron chi connectivity index (χ3n) is 5.28. The topological polar surface area (TPSA) is 75.4 Å². The molecule has 1 aliphatic rings. The van der Waals surface area contributed by atoms with Gasteiger partial charge in [0.05, 0.1) is 30.0 Å². The maximum absolute atomic E-state index is 12.6. The van der Waals surface area contributed by atoms with Crippen molar-refractivity contribution in [2.75, 3.05) is 20.6 Å². The quantitative estimate of drug-likeness (QED) is 0.875. The molecule has 1 aliphatic heterocycles. The van der Waals surface area contributed by atoms with Crippen LogP contribution in [0.1, 0.15) is 46.5 Å². The van der Waals surface area contributed by atoms with Gasteiger partial charge >= 0.3 is 6.03 Å². The summed E-state index contributed by atoms with van der Waals surface area (Å²) in [5, 5.41) is 7.60. The number of amides is 3. The number of nitrogens with zero attached hydrogens (tertiary/aromatic N) is 5. The molecule has 0 radical (unpaired) electrons. The van der Waals surface area contributed by atoms with Crippen molar-refractivity contribution in [1.82, 2.24) is 29.5 Å². The summed E-state index contributed by atoms with van der Waals surface area (Å²) in [4.78, 5) is 28.3. The number of aryl methyl sites for hydroxylation is 2. The van der Waals surface area contributed by atoms with Crippen molar-refractivity contribution in [3.05, 3.63) is 40.5 Å². The molecule has 0 aliphatic carbocycles. The average molecular weight is 387 g/mol. The van der Waals surface area contributed by atoms with Gasteiger partial charge in [-0.1, -0.05) is 0 Å². The zero-order valence-corrected chi connectivity index (χ0v) is 17.4. The molecule has 152 valence electrons. The van der Waals surface area contributed by atoms with Gasteiger partial charge in [0.25, 0.3) is 5.91 Å². The first-order valence-corrected chi connectivity index (χ1v) is 9.78. The second-order valence-corrected chi connectivity index (χ2v) is 7.51. The molecule has 0 saturated carbocycles. The second-order valence-electron chi connectivity index (χ2n) is 7.51. The van der Waals surface area contributed by atoms with Gasteiger partial charge in [0.15, 0.2) is 0 Å². The number of nitrogens with one attached hydrogen (secondary N) is 1. The molecule has 0 unspecified atom stereocenters. The Morgan fingerprint density at radius 3 is 2.61 bits per heavy atom. The SMILES string of the molecule is CCn1c(C)cc(C(=O)NCc2cc3n(n2)CCCN(C(=O)N(C)C)C3)c1C. The zero-order valence-electron chi connectivity index (χ0n) is 17.4. The molecule has 3 heterocycles. The van der Waals surface area contributed by atoms with Crippen molar-refractivity contribution in [2.24, 2.45) is 0 Å². The Bertz CT molecular complexity index is 880. The molecule has 1 N–H and O–H groups in total. The average Bonchev–Trinajstić information content (AvgIpc) is 3.10. The lowest BCUT2D eigenvalue weighted by Crippen LogP contribution is -2.38. The van der Waals surface area contributed by atoms with E-state index in [0.29, 0.717) is 18.7 Å². The van der Waals surface area contributed by atoms with Gasteiger partial charge in [-0.3, -0.25) is 9.48 Å². The minimum atomic E-state index is -0.0830. The van der Waals surface area contributed by atoms with Crippen LogP contribution in [0.15, 0.2) is 12.1 Å². The van der Waals surface area contributed by atoms with E-state index in [1.165, 1.54) is 0 Å². The van der Waals surface area contributed by atoms with E-state index in [-0.39, 0.29) is 11.9 Å². The summed E-state index contributed by atoms with van der Waals surface area (Å²) in [6.07, 6.45) is 0.864. The number of carbonyl (C=O) groups excluding carboxylic acids is 2. The molecular weight excluding hydrogens is 356 g/mol. The zero-order chi connectivity index (χ0) is 20.4. The lowest BCUT2D eigenvalue weighted by atomic mass is 10.2. The summed E-state index contributed by atoms with van der Waals surface area (Å²) in [6, 6.07) is 3.92. The van der Waals surface area contributed by atoms with Crippen LogP contribution in [0.25, 0.3) is 0 Å².